The summed E-state index contributed by atoms with van der Waals surface area (Å²) >= 11 is 2.75. The highest BCUT2D eigenvalue weighted by atomic mass is 32.2. The zero-order valence-corrected chi connectivity index (χ0v) is 17.9. The highest BCUT2D eigenvalue weighted by Gasteiger charge is 2.17. The summed E-state index contributed by atoms with van der Waals surface area (Å²) in [6.07, 6.45) is 0. The van der Waals surface area contributed by atoms with E-state index in [2.05, 4.69) is 10.2 Å². The smallest absolute Gasteiger partial charge is 0.291 e. The number of halogens is 1. The normalized spacial score (nSPS) is 11.3. The van der Waals surface area contributed by atoms with Crippen molar-refractivity contribution >= 4 is 33.3 Å². The fraction of sp³-hybridized carbons (Fsp3) is 0.0870. The van der Waals surface area contributed by atoms with Gasteiger partial charge in [-0.15, -0.1) is 10.2 Å². The number of benzene rings is 3. The summed E-state index contributed by atoms with van der Waals surface area (Å²) in [5.41, 5.74) is 2.81. The van der Waals surface area contributed by atoms with Gasteiger partial charge in [0.1, 0.15) is 5.82 Å². The minimum Gasteiger partial charge on any atom is -0.291 e. The number of fused-ring (bicyclic) bond motifs is 1. The first-order chi connectivity index (χ1) is 15.2. The molecule has 0 saturated carbocycles. The van der Waals surface area contributed by atoms with Gasteiger partial charge in [-0.1, -0.05) is 65.6 Å². The lowest BCUT2D eigenvalue weighted by Crippen LogP contribution is -2.16. The number of aromatic nitrogens is 4. The molecule has 0 spiro atoms. The van der Waals surface area contributed by atoms with Gasteiger partial charge in [-0.25, -0.2) is 4.39 Å². The third-order valence-corrected chi connectivity index (χ3v) is 6.83. The second-order valence-electron chi connectivity index (χ2n) is 6.91. The average molecular weight is 449 g/mol. The van der Waals surface area contributed by atoms with Crippen LogP contribution in [0.4, 0.5) is 4.39 Å². The van der Waals surface area contributed by atoms with Crippen LogP contribution in [-0.4, -0.2) is 19.3 Å². The molecule has 5 nitrogen and oxygen atoms in total. The van der Waals surface area contributed by atoms with Crippen LogP contribution in [0.3, 0.4) is 0 Å². The van der Waals surface area contributed by atoms with Crippen molar-refractivity contribution in [3.8, 4) is 5.69 Å². The molecule has 2 heterocycles. The number of rotatable bonds is 6. The Morgan fingerprint density at radius 2 is 1.65 bits per heavy atom. The summed E-state index contributed by atoms with van der Waals surface area (Å²) in [7, 11) is 0. The zero-order chi connectivity index (χ0) is 21.2. The Hall–Kier alpha value is -3.23. The number of thioether (sulfide) groups is 1. The quantitative estimate of drug-likeness (QED) is 0.338. The molecule has 0 aliphatic heterocycles. The molecule has 0 N–H and O–H groups in total. The topological polar surface area (TPSA) is 52.7 Å². The number of hydrogen-bond donors (Lipinski definition) is 0. The van der Waals surface area contributed by atoms with Crippen LogP contribution in [-0.2, 0) is 12.3 Å². The first kappa shape index (κ1) is 19.7. The Bertz CT molecular complexity index is 1390. The van der Waals surface area contributed by atoms with Crippen molar-refractivity contribution in [1.82, 2.24) is 19.3 Å². The summed E-state index contributed by atoms with van der Waals surface area (Å²) in [6.45, 7) is 0.321. The van der Waals surface area contributed by atoms with E-state index in [1.807, 2.05) is 59.2 Å². The van der Waals surface area contributed by atoms with Gasteiger partial charge in [-0.2, -0.15) is 0 Å². The van der Waals surface area contributed by atoms with E-state index in [-0.39, 0.29) is 10.7 Å². The van der Waals surface area contributed by atoms with Crippen molar-refractivity contribution in [2.24, 2.45) is 0 Å². The van der Waals surface area contributed by atoms with Crippen molar-refractivity contribution in [3.63, 3.8) is 0 Å². The van der Waals surface area contributed by atoms with Crippen LogP contribution in [0, 0.1) is 5.82 Å². The lowest BCUT2D eigenvalue weighted by Gasteiger charge is -2.11. The van der Waals surface area contributed by atoms with Crippen LogP contribution in [0.2, 0.25) is 0 Å². The molecule has 0 fully saturated rings. The van der Waals surface area contributed by atoms with E-state index < -0.39 is 0 Å². The van der Waals surface area contributed by atoms with Crippen molar-refractivity contribution < 1.29 is 4.39 Å². The van der Waals surface area contributed by atoms with Crippen molar-refractivity contribution in [1.29, 1.82) is 0 Å². The van der Waals surface area contributed by atoms with Gasteiger partial charge in [-0.3, -0.25) is 13.9 Å². The molecule has 0 amide bonds. The fourth-order valence-electron chi connectivity index (χ4n) is 3.37. The predicted molar refractivity (Wildman–Crippen MR) is 123 cm³/mol. The molecular weight excluding hydrogens is 431 g/mol. The second kappa shape index (κ2) is 8.49. The molecule has 2 aromatic heterocycles. The molecule has 5 rings (SSSR count). The highest BCUT2D eigenvalue weighted by molar-refractivity contribution is 7.98. The standard InChI is InChI=1S/C23H17FN4OS2/c24-17-12-10-16(11-13-17)15-30-22-26-25-21(28(22)18-6-2-1-3-7-18)14-27-19-8-4-5-9-20(19)31-23(27)29/h1-13H,14-15H2. The van der Waals surface area contributed by atoms with Crippen molar-refractivity contribution in [2.45, 2.75) is 17.5 Å². The summed E-state index contributed by atoms with van der Waals surface area (Å²) in [4.78, 5) is 12.6. The Morgan fingerprint density at radius 1 is 0.903 bits per heavy atom. The monoisotopic (exact) mass is 448 g/mol. The molecule has 0 aliphatic carbocycles. The summed E-state index contributed by atoms with van der Waals surface area (Å²) < 4.78 is 17.9. The number of para-hydroxylation sites is 2. The Labute approximate surface area is 185 Å². The predicted octanol–water partition coefficient (Wildman–Crippen LogP) is 5.12. The van der Waals surface area contributed by atoms with Crippen molar-refractivity contribution in [2.75, 3.05) is 0 Å². The van der Waals surface area contributed by atoms with E-state index in [0.29, 0.717) is 18.1 Å². The van der Waals surface area contributed by atoms with Gasteiger partial charge in [0.2, 0.25) is 0 Å². The van der Waals surface area contributed by atoms with E-state index >= 15 is 0 Å². The largest absolute Gasteiger partial charge is 0.308 e. The number of hydrogen-bond acceptors (Lipinski definition) is 5. The molecule has 5 aromatic rings. The second-order valence-corrected chi connectivity index (χ2v) is 8.84. The van der Waals surface area contributed by atoms with Crippen LogP contribution >= 0.6 is 23.1 Å². The highest BCUT2D eigenvalue weighted by Crippen LogP contribution is 2.26. The minimum absolute atomic E-state index is 0.0238. The summed E-state index contributed by atoms with van der Waals surface area (Å²) in [5, 5.41) is 9.54. The van der Waals surface area contributed by atoms with Crippen LogP contribution < -0.4 is 4.87 Å². The Balaban J connectivity index is 1.52. The molecule has 154 valence electrons. The maximum atomic E-state index is 13.2. The molecule has 0 unspecified atom stereocenters. The van der Waals surface area contributed by atoms with Gasteiger partial charge < -0.3 is 0 Å². The van der Waals surface area contributed by atoms with Gasteiger partial charge in [0.05, 0.1) is 16.8 Å². The molecule has 31 heavy (non-hydrogen) atoms. The maximum Gasteiger partial charge on any atom is 0.308 e. The van der Waals surface area contributed by atoms with E-state index in [1.165, 1.54) is 35.2 Å². The number of nitrogens with zero attached hydrogens (tertiary/aromatic N) is 4. The van der Waals surface area contributed by atoms with Crippen molar-refractivity contribution in [3.05, 3.63) is 106 Å². The van der Waals surface area contributed by atoms with E-state index in [0.717, 1.165) is 26.6 Å². The van der Waals surface area contributed by atoms with Crippen LogP contribution in [0.25, 0.3) is 15.9 Å². The average Bonchev–Trinajstić information content (AvgIpc) is 3.34. The Kier molecular flexibility index (Phi) is 5.40. The lowest BCUT2D eigenvalue weighted by atomic mass is 10.2. The molecule has 0 saturated heterocycles. The first-order valence-corrected chi connectivity index (χ1v) is 11.4. The lowest BCUT2D eigenvalue weighted by molar-refractivity contribution is 0.627. The molecule has 0 radical (unpaired) electrons. The molecular formula is C23H17FN4OS2. The molecule has 3 aromatic carbocycles. The molecule has 0 aliphatic rings. The van der Waals surface area contributed by atoms with Crippen LogP contribution in [0.1, 0.15) is 11.4 Å². The van der Waals surface area contributed by atoms with Gasteiger partial charge in [-0.05, 0) is 42.0 Å². The fourth-order valence-corrected chi connectivity index (χ4v) is 5.18. The summed E-state index contributed by atoms with van der Waals surface area (Å²) in [6, 6.07) is 24.0. The van der Waals surface area contributed by atoms with Crippen LogP contribution in [0.5, 0.6) is 0 Å². The third kappa shape index (κ3) is 4.04. The van der Waals surface area contributed by atoms with Crippen LogP contribution in [0.15, 0.2) is 88.8 Å². The van der Waals surface area contributed by atoms with E-state index in [4.69, 9.17) is 0 Å². The van der Waals surface area contributed by atoms with Gasteiger partial charge >= 0.3 is 4.87 Å². The van der Waals surface area contributed by atoms with Gasteiger partial charge in [0.15, 0.2) is 11.0 Å². The van der Waals surface area contributed by atoms with E-state index in [1.54, 1.807) is 16.7 Å². The summed E-state index contributed by atoms with van der Waals surface area (Å²) in [5.74, 6) is 1.06. The van der Waals surface area contributed by atoms with E-state index in [9.17, 15) is 9.18 Å². The zero-order valence-electron chi connectivity index (χ0n) is 16.3. The number of thiazole rings is 1. The first-order valence-electron chi connectivity index (χ1n) is 9.64. The maximum absolute atomic E-state index is 13.2. The minimum atomic E-state index is -0.253. The SMILES string of the molecule is O=c1sc2ccccc2n1Cc1nnc(SCc2ccc(F)cc2)n1-c1ccccc1. The molecule has 0 atom stereocenters. The third-order valence-electron chi connectivity index (χ3n) is 4.87. The van der Waals surface area contributed by atoms with Gasteiger partial charge in [0, 0.05) is 11.4 Å². The van der Waals surface area contributed by atoms with Gasteiger partial charge in [0.25, 0.3) is 0 Å². The Morgan fingerprint density at radius 3 is 2.45 bits per heavy atom. The molecule has 8 heteroatoms. The molecule has 0 bridgehead atoms.